The smallest absolute Gasteiger partial charge is 0.871 e. The van der Waals surface area contributed by atoms with Crippen LogP contribution in [0.15, 0.2) is 23.6 Å². The van der Waals surface area contributed by atoms with Crippen LogP contribution in [0, 0.1) is 0 Å². The third-order valence-corrected chi connectivity index (χ3v) is 2.19. The van der Waals surface area contributed by atoms with Crippen molar-refractivity contribution < 1.29 is 45.5 Å². The van der Waals surface area contributed by atoms with Crippen LogP contribution in [0.4, 0.5) is 13.2 Å². The minimum Gasteiger partial charge on any atom is -0.871 e. The third-order valence-electron chi connectivity index (χ3n) is 1.31. The summed E-state index contributed by atoms with van der Waals surface area (Å²) in [6, 6.07) is 2.87. The van der Waals surface area contributed by atoms with Gasteiger partial charge in [0.05, 0.1) is 0 Å². The first-order valence-corrected chi connectivity index (χ1v) is 4.33. The molecule has 0 aliphatic rings. The monoisotopic (exact) mass is 328 g/mol. The zero-order chi connectivity index (χ0) is 10.8. The number of rotatable bonds is 2. The molecule has 7 heteroatoms. The normalized spacial score (nSPS) is 12.1. The molecule has 1 aromatic heterocycles. The number of halogens is 3. The van der Waals surface area contributed by atoms with E-state index in [1.54, 1.807) is 5.38 Å². The molecule has 1 rings (SSSR count). The van der Waals surface area contributed by atoms with Crippen molar-refractivity contribution in [3.8, 4) is 0 Å². The summed E-state index contributed by atoms with van der Waals surface area (Å²) in [6.07, 6.45) is -4.92. The van der Waals surface area contributed by atoms with Crippen LogP contribution in [0.2, 0.25) is 0 Å². The molecule has 0 amide bonds. The molecule has 0 fully saturated rings. The Kier molecular flexibility index (Phi) is 5.30. The van der Waals surface area contributed by atoms with Crippen LogP contribution in [0.3, 0.4) is 0 Å². The summed E-state index contributed by atoms with van der Waals surface area (Å²) in [5.41, 5.74) is 0. The molecule has 0 atom stereocenters. The Labute approximate surface area is 103 Å². The molecule has 0 spiro atoms. The summed E-state index contributed by atoms with van der Waals surface area (Å²) in [6.45, 7) is 0. The van der Waals surface area contributed by atoms with Crippen LogP contribution < -0.4 is 5.11 Å². The maximum Gasteiger partial charge on any atom is 1.00 e. The number of alkyl halides is 3. The summed E-state index contributed by atoms with van der Waals surface area (Å²) < 4.78 is 35.2. The van der Waals surface area contributed by atoms with Gasteiger partial charge in [-0.25, -0.2) is 0 Å². The first-order chi connectivity index (χ1) is 6.41. The molecule has 0 saturated carbocycles. The van der Waals surface area contributed by atoms with E-state index >= 15 is 0 Å². The Morgan fingerprint density at radius 3 is 2.47 bits per heavy atom. The van der Waals surface area contributed by atoms with Crippen LogP contribution >= 0.6 is 11.3 Å². The molecule has 1 heterocycles. The van der Waals surface area contributed by atoms with Crippen LogP contribution in [0.25, 0.3) is 5.76 Å². The molecule has 0 unspecified atom stereocenters. The predicted octanol–water partition coefficient (Wildman–Crippen LogP) is 1.58. The minimum atomic E-state index is -4.98. The number of hydrogen-bond donors (Lipinski definition) is 0. The van der Waals surface area contributed by atoms with E-state index in [1.165, 1.54) is 12.1 Å². The molecule has 0 bridgehead atoms. The quantitative estimate of drug-likeness (QED) is 0.470. The fourth-order valence-corrected chi connectivity index (χ4v) is 1.33. The van der Waals surface area contributed by atoms with Crippen LogP contribution in [0.5, 0.6) is 0 Å². The second kappa shape index (κ2) is 5.50. The zero-order valence-electron chi connectivity index (χ0n) is 6.97. The summed E-state index contributed by atoms with van der Waals surface area (Å²) >= 11 is 0.983. The largest absolute Gasteiger partial charge is 1.00 e. The van der Waals surface area contributed by atoms with Crippen molar-refractivity contribution in [3.05, 3.63) is 28.5 Å². The summed E-state index contributed by atoms with van der Waals surface area (Å²) in [4.78, 5) is 10.5. The minimum absolute atomic E-state index is 0. The standard InChI is InChI=1S/C8H5F3O2S.Ag/c9-8(10,11)7(13)4-5(12)6-2-1-3-14-6;/h1-4,12H;/q;+1/p-1/b5-4-;. The van der Waals surface area contributed by atoms with E-state index in [2.05, 4.69) is 0 Å². The van der Waals surface area contributed by atoms with Gasteiger partial charge in [-0.2, -0.15) is 13.2 Å². The molecule has 0 aliphatic heterocycles. The van der Waals surface area contributed by atoms with Gasteiger partial charge >= 0.3 is 28.6 Å². The third kappa shape index (κ3) is 4.21. The van der Waals surface area contributed by atoms with E-state index in [0.29, 0.717) is 0 Å². The van der Waals surface area contributed by atoms with Crippen LogP contribution in [-0.2, 0) is 27.2 Å². The number of carbonyl (C=O) groups is 1. The fraction of sp³-hybridized carbons (Fsp3) is 0.125. The average Bonchev–Trinajstić information content (AvgIpc) is 2.53. The maximum absolute atomic E-state index is 11.7. The molecule has 0 aliphatic carbocycles. The first kappa shape index (κ1) is 14.4. The summed E-state index contributed by atoms with van der Waals surface area (Å²) in [5, 5.41) is 12.5. The average molecular weight is 329 g/mol. The van der Waals surface area contributed by atoms with Gasteiger partial charge in [0.1, 0.15) is 0 Å². The van der Waals surface area contributed by atoms with Crippen molar-refractivity contribution in [2.45, 2.75) is 6.18 Å². The van der Waals surface area contributed by atoms with Crippen molar-refractivity contribution in [3.63, 3.8) is 0 Å². The van der Waals surface area contributed by atoms with Gasteiger partial charge in [0.15, 0.2) is 0 Å². The van der Waals surface area contributed by atoms with Crippen molar-refractivity contribution in [1.29, 1.82) is 0 Å². The van der Waals surface area contributed by atoms with Crippen molar-refractivity contribution >= 4 is 22.9 Å². The van der Waals surface area contributed by atoms with E-state index in [1.807, 2.05) is 0 Å². The van der Waals surface area contributed by atoms with Crippen LogP contribution in [0.1, 0.15) is 4.88 Å². The Morgan fingerprint density at radius 1 is 1.47 bits per heavy atom. The van der Waals surface area contributed by atoms with E-state index in [0.717, 1.165) is 11.3 Å². The van der Waals surface area contributed by atoms with Crippen LogP contribution in [-0.4, -0.2) is 12.0 Å². The van der Waals surface area contributed by atoms with E-state index in [9.17, 15) is 23.1 Å². The number of ketones is 1. The Balaban J connectivity index is 0.00000196. The maximum atomic E-state index is 11.7. The molecule has 86 valence electrons. The second-order valence-corrected chi connectivity index (χ2v) is 3.30. The van der Waals surface area contributed by atoms with Gasteiger partial charge in [0.25, 0.3) is 5.78 Å². The second-order valence-electron chi connectivity index (χ2n) is 2.35. The molecule has 0 saturated heterocycles. The Bertz CT molecular complexity index is 356. The molecule has 15 heavy (non-hydrogen) atoms. The first-order valence-electron chi connectivity index (χ1n) is 3.45. The molecule has 0 aromatic carbocycles. The van der Waals surface area contributed by atoms with Crippen molar-refractivity contribution in [1.82, 2.24) is 0 Å². The van der Waals surface area contributed by atoms with Gasteiger partial charge in [0.2, 0.25) is 0 Å². The van der Waals surface area contributed by atoms with E-state index in [-0.39, 0.29) is 33.3 Å². The van der Waals surface area contributed by atoms with Gasteiger partial charge in [0, 0.05) is 4.88 Å². The molecule has 0 radical (unpaired) electrons. The van der Waals surface area contributed by atoms with Gasteiger partial charge in [-0.1, -0.05) is 11.8 Å². The summed E-state index contributed by atoms with van der Waals surface area (Å²) in [7, 11) is 0. The molecule has 0 N–H and O–H groups in total. The zero-order valence-corrected chi connectivity index (χ0v) is 9.27. The molecule has 1 aromatic rings. The van der Waals surface area contributed by atoms with Gasteiger partial charge in [-0.15, -0.1) is 11.3 Å². The Hall–Kier alpha value is -0.560. The number of hydrogen-bond acceptors (Lipinski definition) is 3. The molecular weight excluding hydrogens is 325 g/mol. The molecular formula is C8H4AgF3O2S. The van der Waals surface area contributed by atoms with E-state index in [4.69, 9.17) is 0 Å². The molecule has 2 nitrogen and oxygen atoms in total. The SMILES string of the molecule is O=C(/C=C(\[O-])c1cccs1)C(F)(F)F.[Ag+]. The summed E-state index contributed by atoms with van der Waals surface area (Å²) in [5.74, 6) is -3.04. The predicted molar refractivity (Wildman–Crippen MR) is 43.4 cm³/mol. The van der Waals surface area contributed by atoms with Gasteiger partial charge in [-0.05, 0) is 17.5 Å². The van der Waals surface area contributed by atoms with E-state index < -0.39 is 17.7 Å². The van der Waals surface area contributed by atoms with Crippen molar-refractivity contribution in [2.24, 2.45) is 0 Å². The van der Waals surface area contributed by atoms with Crippen molar-refractivity contribution in [2.75, 3.05) is 0 Å². The van der Waals surface area contributed by atoms with Gasteiger partial charge < -0.3 is 5.11 Å². The fourth-order valence-electron chi connectivity index (χ4n) is 0.691. The topological polar surface area (TPSA) is 40.1 Å². The number of carbonyl (C=O) groups excluding carboxylic acids is 1. The number of thiophene rings is 1. The van der Waals surface area contributed by atoms with Gasteiger partial charge in [-0.3, -0.25) is 4.79 Å². The Morgan fingerprint density at radius 2 is 2.07 bits per heavy atom. The number of allylic oxidation sites excluding steroid dienone is 1.